The van der Waals surface area contributed by atoms with E-state index >= 15 is 0 Å². The Balaban J connectivity index is 1.59. The van der Waals surface area contributed by atoms with Crippen molar-refractivity contribution in [2.24, 2.45) is 0 Å². The fourth-order valence-corrected chi connectivity index (χ4v) is 3.01. The number of hydrogen-bond donors (Lipinski definition) is 2. The van der Waals surface area contributed by atoms with E-state index in [0.717, 1.165) is 19.4 Å². The Kier molecular flexibility index (Phi) is 6.49. The van der Waals surface area contributed by atoms with Crippen LogP contribution in [-0.4, -0.2) is 43.4 Å². The molecule has 1 aliphatic rings. The lowest BCUT2D eigenvalue weighted by Crippen LogP contribution is -2.23. The Bertz CT molecular complexity index is 845. The van der Waals surface area contributed by atoms with Crippen molar-refractivity contribution >= 4 is 11.9 Å². The summed E-state index contributed by atoms with van der Waals surface area (Å²) in [6.07, 6.45) is 2.14. The van der Waals surface area contributed by atoms with Gasteiger partial charge < -0.3 is 24.6 Å². The van der Waals surface area contributed by atoms with E-state index in [1.807, 2.05) is 0 Å². The molecule has 1 fully saturated rings. The molecule has 1 atom stereocenters. The number of amides is 1. The summed E-state index contributed by atoms with van der Waals surface area (Å²) in [6, 6.07) is 11.7. The largest absolute Gasteiger partial charge is 0.496 e. The Morgan fingerprint density at radius 1 is 1.25 bits per heavy atom. The lowest BCUT2D eigenvalue weighted by molar-refractivity contribution is 0.0679. The molecule has 7 nitrogen and oxygen atoms in total. The first kappa shape index (κ1) is 19.7. The van der Waals surface area contributed by atoms with Crippen LogP contribution in [0.2, 0.25) is 0 Å². The molecular weight excluding hydrogens is 362 g/mol. The number of carboxylic acid groups (broad SMARTS) is 1. The van der Waals surface area contributed by atoms with Crippen LogP contribution in [0.15, 0.2) is 42.5 Å². The summed E-state index contributed by atoms with van der Waals surface area (Å²) in [5.41, 5.74) is 1.19. The van der Waals surface area contributed by atoms with Gasteiger partial charge in [-0.3, -0.25) is 4.79 Å². The lowest BCUT2D eigenvalue weighted by atomic mass is 10.1. The fourth-order valence-electron chi connectivity index (χ4n) is 3.01. The van der Waals surface area contributed by atoms with Gasteiger partial charge in [0.05, 0.1) is 13.2 Å². The second-order valence-corrected chi connectivity index (χ2v) is 6.50. The van der Waals surface area contributed by atoms with E-state index in [4.69, 9.17) is 14.2 Å². The van der Waals surface area contributed by atoms with Crippen LogP contribution in [0, 0.1) is 0 Å². The normalized spacial score (nSPS) is 15.8. The summed E-state index contributed by atoms with van der Waals surface area (Å²) in [4.78, 5) is 23.7. The van der Waals surface area contributed by atoms with Gasteiger partial charge in [0.1, 0.15) is 23.7 Å². The van der Waals surface area contributed by atoms with Crippen molar-refractivity contribution in [3.05, 3.63) is 59.2 Å². The molecule has 148 valence electrons. The smallest absolute Gasteiger partial charge is 0.339 e. The molecular formula is C21H23NO6. The Morgan fingerprint density at radius 2 is 2.11 bits per heavy atom. The topological polar surface area (TPSA) is 94.1 Å². The number of nitrogens with one attached hydrogen (secondary N) is 1. The van der Waals surface area contributed by atoms with Crippen LogP contribution < -0.4 is 14.8 Å². The minimum atomic E-state index is -1.08. The van der Waals surface area contributed by atoms with Gasteiger partial charge in [-0.25, -0.2) is 4.79 Å². The first-order valence-electron chi connectivity index (χ1n) is 9.09. The van der Waals surface area contributed by atoms with E-state index in [1.54, 1.807) is 36.4 Å². The predicted octanol–water partition coefficient (Wildman–Crippen LogP) is 2.88. The molecule has 0 radical (unpaired) electrons. The van der Waals surface area contributed by atoms with E-state index in [2.05, 4.69) is 5.32 Å². The zero-order valence-corrected chi connectivity index (χ0v) is 15.6. The zero-order chi connectivity index (χ0) is 19.9. The first-order valence-corrected chi connectivity index (χ1v) is 9.09. The second kappa shape index (κ2) is 9.23. The molecule has 0 aliphatic carbocycles. The molecule has 2 aromatic carbocycles. The highest BCUT2D eigenvalue weighted by atomic mass is 16.5. The van der Waals surface area contributed by atoms with Gasteiger partial charge in [-0.2, -0.15) is 0 Å². The van der Waals surface area contributed by atoms with E-state index in [-0.39, 0.29) is 29.9 Å². The number of carbonyl (C=O) groups excluding carboxylic acids is 1. The highest BCUT2D eigenvalue weighted by molar-refractivity contribution is 5.94. The van der Waals surface area contributed by atoms with E-state index in [1.165, 1.54) is 13.2 Å². The van der Waals surface area contributed by atoms with Gasteiger partial charge in [0.15, 0.2) is 0 Å². The van der Waals surface area contributed by atoms with Gasteiger partial charge in [-0.1, -0.05) is 12.1 Å². The molecule has 1 heterocycles. The molecule has 0 bridgehead atoms. The van der Waals surface area contributed by atoms with Crippen molar-refractivity contribution in [3.63, 3.8) is 0 Å². The minimum Gasteiger partial charge on any atom is -0.496 e. The molecule has 0 unspecified atom stereocenters. The van der Waals surface area contributed by atoms with Crippen LogP contribution in [0.1, 0.15) is 39.1 Å². The van der Waals surface area contributed by atoms with Crippen molar-refractivity contribution in [2.45, 2.75) is 25.5 Å². The van der Waals surface area contributed by atoms with Crippen LogP contribution in [0.5, 0.6) is 11.5 Å². The first-order chi connectivity index (χ1) is 13.6. The van der Waals surface area contributed by atoms with E-state index < -0.39 is 5.97 Å². The molecule has 1 aliphatic heterocycles. The van der Waals surface area contributed by atoms with Crippen LogP contribution in [0.3, 0.4) is 0 Å². The summed E-state index contributed by atoms with van der Waals surface area (Å²) in [5, 5.41) is 12.0. The van der Waals surface area contributed by atoms with Gasteiger partial charge in [0, 0.05) is 18.7 Å². The average Bonchev–Trinajstić information content (AvgIpc) is 3.24. The Morgan fingerprint density at radius 3 is 2.82 bits per heavy atom. The van der Waals surface area contributed by atoms with Gasteiger partial charge in [0.2, 0.25) is 0 Å². The third kappa shape index (κ3) is 5.01. The maximum Gasteiger partial charge on any atom is 0.339 e. The molecule has 0 spiro atoms. The van der Waals surface area contributed by atoms with Crippen LogP contribution >= 0.6 is 0 Å². The molecule has 2 aromatic rings. The average molecular weight is 385 g/mol. The molecule has 2 N–H and O–H groups in total. The van der Waals surface area contributed by atoms with Crippen molar-refractivity contribution in [2.75, 3.05) is 20.3 Å². The van der Waals surface area contributed by atoms with Crippen LogP contribution in [0.25, 0.3) is 0 Å². The zero-order valence-electron chi connectivity index (χ0n) is 15.6. The standard InChI is InChI=1S/C21H23NO6/c1-26-19-8-7-14(10-18(19)21(24)25)12-22-20(23)15-4-2-5-16(11-15)28-13-17-6-3-9-27-17/h2,4-5,7-8,10-11,17H,3,6,9,12-13H2,1H3,(H,22,23)(H,24,25)/t17-/m1/s1. The van der Waals surface area contributed by atoms with Crippen LogP contribution in [0.4, 0.5) is 0 Å². The van der Waals surface area contributed by atoms with Crippen molar-refractivity contribution in [1.82, 2.24) is 5.32 Å². The molecule has 0 aromatic heterocycles. The fraction of sp³-hybridized carbons (Fsp3) is 0.333. The summed E-state index contributed by atoms with van der Waals surface area (Å²) < 4.78 is 16.3. The predicted molar refractivity (Wildman–Crippen MR) is 102 cm³/mol. The number of aromatic carboxylic acids is 1. The monoisotopic (exact) mass is 385 g/mol. The molecule has 1 saturated heterocycles. The van der Waals surface area contributed by atoms with Gasteiger partial charge in [-0.15, -0.1) is 0 Å². The van der Waals surface area contributed by atoms with E-state index in [9.17, 15) is 14.7 Å². The molecule has 1 amide bonds. The van der Waals surface area contributed by atoms with Gasteiger partial charge in [0.25, 0.3) is 5.91 Å². The number of carboxylic acids is 1. The quantitative estimate of drug-likeness (QED) is 0.726. The second-order valence-electron chi connectivity index (χ2n) is 6.50. The number of ether oxygens (including phenoxy) is 3. The Hall–Kier alpha value is -3.06. The number of carbonyl (C=O) groups is 2. The highest BCUT2D eigenvalue weighted by Crippen LogP contribution is 2.20. The summed E-state index contributed by atoms with van der Waals surface area (Å²) in [5.74, 6) is -0.462. The third-order valence-electron chi connectivity index (χ3n) is 4.50. The molecule has 0 saturated carbocycles. The summed E-state index contributed by atoms with van der Waals surface area (Å²) in [7, 11) is 1.41. The number of rotatable bonds is 8. The summed E-state index contributed by atoms with van der Waals surface area (Å²) in [6.45, 7) is 1.43. The Labute approximate surface area is 163 Å². The van der Waals surface area contributed by atoms with Crippen LogP contribution in [-0.2, 0) is 11.3 Å². The molecule has 7 heteroatoms. The highest BCUT2D eigenvalue weighted by Gasteiger charge is 2.16. The maximum absolute atomic E-state index is 12.4. The molecule has 3 rings (SSSR count). The van der Waals surface area contributed by atoms with Crippen molar-refractivity contribution < 1.29 is 28.9 Å². The summed E-state index contributed by atoms with van der Waals surface area (Å²) >= 11 is 0. The minimum absolute atomic E-state index is 0.0544. The SMILES string of the molecule is COc1ccc(CNC(=O)c2cccc(OC[C@H]3CCCO3)c2)cc1C(=O)O. The number of hydrogen-bond acceptors (Lipinski definition) is 5. The van der Waals surface area contributed by atoms with Gasteiger partial charge >= 0.3 is 5.97 Å². The van der Waals surface area contributed by atoms with Crippen molar-refractivity contribution in [3.8, 4) is 11.5 Å². The van der Waals surface area contributed by atoms with E-state index in [0.29, 0.717) is 23.5 Å². The lowest BCUT2D eigenvalue weighted by Gasteiger charge is -2.12. The van der Waals surface area contributed by atoms with Gasteiger partial charge in [-0.05, 0) is 48.7 Å². The maximum atomic E-state index is 12.4. The number of benzene rings is 2. The number of methoxy groups -OCH3 is 1. The van der Waals surface area contributed by atoms with Crippen molar-refractivity contribution in [1.29, 1.82) is 0 Å². The molecule has 28 heavy (non-hydrogen) atoms. The third-order valence-corrected chi connectivity index (χ3v) is 4.50.